The molecule has 214 valence electrons. The average Bonchev–Trinajstić information content (AvgIpc) is 3.36. The van der Waals surface area contributed by atoms with Gasteiger partial charge in [-0.25, -0.2) is 9.78 Å². The van der Waals surface area contributed by atoms with Crippen molar-refractivity contribution in [2.24, 2.45) is 24.8 Å². The number of benzene rings is 1. The summed E-state index contributed by atoms with van der Waals surface area (Å²) in [5.41, 5.74) is 1.59. The Kier molecular flexibility index (Phi) is 8.04. The van der Waals surface area contributed by atoms with E-state index in [1.807, 2.05) is 16.8 Å². The number of carbonyl (C=O) groups is 2. The third kappa shape index (κ3) is 7.13. The Morgan fingerprint density at radius 1 is 1.15 bits per heavy atom. The maximum Gasteiger partial charge on any atom is 0.573 e. The van der Waals surface area contributed by atoms with Crippen LogP contribution in [-0.4, -0.2) is 75.8 Å². The van der Waals surface area contributed by atoms with Crippen LogP contribution in [0.1, 0.15) is 11.1 Å². The van der Waals surface area contributed by atoms with Crippen molar-refractivity contribution in [2.75, 3.05) is 33.2 Å². The number of nitrogens with zero attached hydrogens (tertiary/aromatic N) is 5. The lowest BCUT2D eigenvalue weighted by Gasteiger charge is -2.25. The molecule has 1 aliphatic carbocycles. The van der Waals surface area contributed by atoms with Crippen LogP contribution in [0.15, 0.2) is 53.6 Å². The van der Waals surface area contributed by atoms with E-state index >= 15 is 0 Å². The van der Waals surface area contributed by atoms with Crippen molar-refractivity contribution in [1.82, 2.24) is 24.3 Å². The van der Waals surface area contributed by atoms with Crippen LogP contribution in [0.4, 0.5) is 18.0 Å². The number of likely N-dealkylation sites (tertiary alicyclic amines) is 1. The van der Waals surface area contributed by atoms with Gasteiger partial charge in [0.1, 0.15) is 5.75 Å². The van der Waals surface area contributed by atoms with Gasteiger partial charge in [0.2, 0.25) is 11.8 Å². The van der Waals surface area contributed by atoms with E-state index in [9.17, 15) is 22.8 Å². The second-order valence-corrected chi connectivity index (χ2v) is 11.2. The highest BCUT2D eigenvalue weighted by molar-refractivity contribution is 7.07. The first-order chi connectivity index (χ1) is 19.0. The summed E-state index contributed by atoms with van der Waals surface area (Å²) >= 11 is 1.60. The summed E-state index contributed by atoms with van der Waals surface area (Å²) in [5.74, 6) is 0.723. The molecule has 9 nitrogen and oxygen atoms in total. The van der Waals surface area contributed by atoms with E-state index in [2.05, 4.69) is 14.6 Å². The zero-order valence-electron chi connectivity index (χ0n) is 22.1. The van der Waals surface area contributed by atoms with Gasteiger partial charge in [0.25, 0.3) is 0 Å². The summed E-state index contributed by atoms with van der Waals surface area (Å²) in [4.78, 5) is 35.2. The van der Waals surface area contributed by atoms with Crippen LogP contribution in [0.5, 0.6) is 11.6 Å². The monoisotopic (exact) mass is 577 g/mol. The molecule has 2 atom stereocenters. The molecule has 0 spiro atoms. The number of amides is 2. The number of likely N-dealkylation sites (N-methyl/N-ethyl adjacent to an activating group) is 1. The Morgan fingerprint density at radius 3 is 2.58 bits per heavy atom. The standard InChI is InChI=1S/C27H30F3N5O4S/c1-32-14-24(31-17-32)38-26(37)35(10-18-4-3-5-20(8-18)39-27(28,29)30)13-23-21-11-34(12-22(21)23)15-25(36)33(2)9-19-6-7-40-16-19/h3-8,14,16-17,21-23H,9-13,15H2,1-2H3. The van der Waals surface area contributed by atoms with Gasteiger partial charge in [-0.2, -0.15) is 11.3 Å². The summed E-state index contributed by atoms with van der Waals surface area (Å²) in [6.45, 7) is 2.86. The van der Waals surface area contributed by atoms with Gasteiger partial charge >= 0.3 is 12.5 Å². The van der Waals surface area contributed by atoms with Crippen molar-refractivity contribution in [1.29, 1.82) is 0 Å². The van der Waals surface area contributed by atoms with Crippen LogP contribution in [-0.2, 0) is 24.9 Å². The predicted molar refractivity (Wildman–Crippen MR) is 140 cm³/mol. The van der Waals surface area contributed by atoms with Gasteiger partial charge in [0, 0.05) is 46.8 Å². The lowest BCUT2D eigenvalue weighted by Crippen LogP contribution is -2.40. The number of rotatable bonds is 10. The molecule has 3 heterocycles. The number of halogens is 3. The first-order valence-corrected chi connectivity index (χ1v) is 13.7. The van der Waals surface area contributed by atoms with Crippen molar-refractivity contribution in [3.63, 3.8) is 0 Å². The average molecular weight is 578 g/mol. The molecule has 13 heteroatoms. The van der Waals surface area contributed by atoms with Gasteiger partial charge < -0.3 is 23.8 Å². The number of alkyl halides is 3. The Bertz CT molecular complexity index is 1320. The highest BCUT2D eigenvalue weighted by atomic mass is 32.1. The maximum absolute atomic E-state index is 13.1. The number of carbonyl (C=O) groups excluding carboxylic acids is 2. The number of aromatic nitrogens is 2. The second kappa shape index (κ2) is 11.5. The molecule has 2 aromatic heterocycles. The van der Waals surface area contributed by atoms with Crippen LogP contribution in [0.2, 0.25) is 0 Å². The minimum absolute atomic E-state index is 0.0479. The summed E-state index contributed by atoms with van der Waals surface area (Å²) in [6, 6.07) is 7.58. The van der Waals surface area contributed by atoms with E-state index in [-0.39, 0.29) is 30.0 Å². The minimum Gasteiger partial charge on any atom is -0.406 e. The molecule has 40 heavy (non-hydrogen) atoms. The third-order valence-electron chi connectivity index (χ3n) is 7.30. The van der Waals surface area contributed by atoms with Crippen LogP contribution in [0.3, 0.4) is 0 Å². The number of fused-ring (bicyclic) bond motifs is 1. The molecule has 2 fully saturated rings. The van der Waals surface area contributed by atoms with Gasteiger partial charge in [-0.05, 0) is 57.8 Å². The Labute approximate surface area is 233 Å². The number of imidazole rings is 1. The van der Waals surface area contributed by atoms with E-state index in [1.54, 1.807) is 47.2 Å². The largest absolute Gasteiger partial charge is 0.573 e. The van der Waals surface area contributed by atoms with Crippen molar-refractivity contribution >= 4 is 23.3 Å². The smallest absolute Gasteiger partial charge is 0.406 e. The molecule has 1 saturated carbocycles. The summed E-state index contributed by atoms with van der Waals surface area (Å²) in [5, 5.41) is 4.02. The van der Waals surface area contributed by atoms with Crippen LogP contribution < -0.4 is 9.47 Å². The molecule has 1 saturated heterocycles. The molecular weight excluding hydrogens is 547 g/mol. The Hall–Kier alpha value is -3.58. The zero-order chi connectivity index (χ0) is 28.4. The molecule has 2 unspecified atom stereocenters. The van der Waals surface area contributed by atoms with Gasteiger partial charge in [-0.1, -0.05) is 12.1 Å². The van der Waals surface area contributed by atoms with E-state index in [0.29, 0.717) is 37.0 Å². The Morgan fingerprint density at radius 2 is 1.93 bits per heavy atom. The molecular formula is C27H30F3N5O4S. The first kappa shape index (κ1) is 28.0. The fourth-order valence-corrected chi connectivity index (χ4v) is 5.97. The molecule has 1 aromatic carbocycles. The summed E-state index contributed by atoms with van der Waals surface area (Å²) in [6.07, 6.45) is -2.38. The molecule has 3 aromatic rings. The number of ether oxygens (including phenoxy) is 2. The molecule has 0 bridgehead atoms. The molecule has 0 radical (unpaired) electrons. The molecule has 2 amide bonds. The number of piperidine rings is 1. The highest BCUT2D eigenvalue weighted by Gasteiger charge is 2.56. The Balaban J connectivity index is 1.19. The SMILES string of the molecule is CN(Cc1ccsc1)C(=O)CN1CC2C(C1)C2CN(Cc1cccc(OC(F)(F)F)c1)C(=O)Oc1cn(C)cn1. The lowest BCUT2D eigenvalue weighted by atomic mass is 10.2. The first-order valence-electron chi connectivity index (χ1n) is 12.8. The maximum atomic E-state index is 13.1. The van der Waals surface area contributed by atoms with Crippen LogP contribution in [0.25, 0.3) is 0 Å². The molecule has 0 N–H and O–H groups in total. The minimum atomic E-state index is -4.81. The number of hydrogen-bond donors (Lipinski definition) is 0. The van der Waals surface area contributed by atoms with Crippen LogP contribution in [0, 0.1) is 17.8 Å². The van der Waals surface area contributed by atoms with Crippen molar-refractivity contribution < 1.29 is 32.2 Å². The van der Waals surface area contributed by atoms with E-state index in [4.69, 9.17) is 4.74 Å². The number of hydrogen-bond acceptors (Lipinski definition) is 7. The van der Waals surface area contributed by atoms with Crippen molar-refractivity contribution in [3.05, 3.63) is 64.7 Å². The van der Waals surface area contributed by atoms with Gasteiger partial charge in [-0.3, -0.25) is 9.69 Å². The lowest BCUT2D eigenvalue weighted by molar-refractivity contribution is -0.274. The van der Waals surface area contributed by atoms with Gasteiger partial charge in [0.05, 0.1) is 19.1 Å². The molecule has 2 aliphatic rings. The fraction of sp³-hybridized carbons (Fsp3) is 0.444. The molecule has 5 rings (SSSR count). The molecule has 1 aliphatic heterocycles. The summed E-state index contributed by atoms with van der Waals surface area (Å²) < 4.78 is 49.3. The van der Waals surface area contributed by atoms with E-state index in [0.717, 1.165) is 18.7 Å². The van der Waals surface area contributed by atoms with E-state index < -0.39 is 12.5 Å². The normalized spacial score (nSPS) is 20.2. The highest BCUT2D eigenvalue weighted by Crippen LogP contribution is 2.52. The van der Waals surface area contributed by atoms with Crippen molar-refractivity contribution in [3.8, 4) is 11.6 Å². The second-order valence-electron chi connectivity index (χ2n) is 10.4. The summed E-state index contributed by atoms with van der Waals surface area (Å²) in [7, 11) is 3.55. The number of aryl methyl sites for hydroxylation is 1. The van der Waals surface area contributed by atoms with Gasteiger partial charge in [-0.15, -0.1) is 13.2 Å². The predicted octanol–water partition coefficient (Wildman–Crippen LogP) is 4.22. The zero-order valence-corrected chi connectivity index (χ0v) is 22.9. The fourth-order valence-electron chi connectivity index (χ4n) is 5.31. The topological polar surface area (TPSA) is 80.1 Å². The van der Waals surface area contributed by atoms with Crippen molar-refractivity contribution in [2.45, 2.75) is 19.5 Å². The number of thiophene rings is 1. The van der Waals surface area contributed by atoms with Gasteiger partial charge in [0.15, 0.2) is 0 Å². The van der Waals surface area contributed by atoms with Crippen LogP contribution >= 0.6 is 11.3 Å². The quantitative estimate of drug-likeness (QED) is 0.359. The third-order valence-corrected chi connectivity index (χ3v) is 8.03. The van der Waals surface area contributed by atoms with E-state index in [1.165, 1.54) is 29.4 Å².